The summed E-state index contributed by atoms with van der Waals surface area (Å²) < 4.78 is 19.4. The quantitative estimate of drug-likeness (QED) is 0.877. The van der Waals surface area contributed by atoms with Crippen LogP contribution in [0.1, 0.15) is 12.5 Å². The minimum Gasteiger partial charge on any atom is -0.453 e. The molecule has 0 saturated carbocycles. The van der Waals surface area contributed by atoms with Crippen molar-refractivity contribution in [3.8, 4) is 11.5 Å². The predicted molar refractivity (Wildman–Crippen MR) is 75.3 cm³/mol. The van der Waals surface area contributed by atoms with Gasteiger partial charge in [-0.15, -0.1) is 0 Å². The molecule has 0 spiro atoms. The highest BCUT2D eigenvalue weighted by atomic mass is 35.5. The minimum absolute atomic E-state index is 0.174. The van der Waals surface area contributed by atoms with Crippen molar-refractivity contribution in [1.29, 1.82) is 0 Å². The van der Waals surface area contributed by atoms with Crippen LogP contribution in [0.15, 0.2) is 42.5 Å². The molecule has 0 bridgehead atoms. The Morgan fingerprint density at radius 3 is 2.63 bits per heavy atom. The second kappa shape index (κ2) is 6.55. The van der Waals surface area contributed by atoms with E-state index in [4.69, 9.17) is 16.3 Å². The van der Waals surface area contributed by atoms with E-state index in [1.807, 2.05) is 13.0 Å². The third-order valence-corrected chi connectivity index (χ3v) is 2.94. The van der Waals surface area contributed by atoms with Crippen molar-refractivity contribution in [3.63, 3.8) is 0 Å². The van der Waals surface area contributed by atoms with Crippen LogP contribution in [0, 0.1) is 5.82 Å². The van der Waals surface area contributed by atoms with Gasteiger partial charge in [0.2, 0.25) is 0 Å². The van der Waals surface area contributed by atoms with Gasteiger partial charge in [-0.25, -0.2) is 4.39 Å². The first-order chi connectivity index (χ1) is 9.20. The zero-order chi connectivity index (χ0) is 13.7. The van der Waals surface area contributed by atoms with Crippen LogP contribution >= 0.6 is 11.6 Å². The van der Waals surface area contributed by atoms with Crippen LogP contribution < -0.4 is 10.1 Å². The fourth-order valence-corrected chi connectivity index (χ4v) is 1.83. The van der Waals surface area contributed by atoms with Crippen molar-refractivity contribution in [2.75, 3.05) is 6.54 Å². The molecule has 1 N–H and O–H groups in total. The first-order valence-corrected chi connectivity index (χ1v) is 6.50. The van der Waals surface area contributed by atoms with Crippen molar-refractivity contribution in [2.45, 2.75) is 13.5 Å². The molecule has 0 atom stereocenters. The lowest BCUT2D eigenvalue weighted by Crippen LogP contribution is -2.11. The maximum atomic E-state index is 13.9. The topological polar surface area (TPSA) is 21.3 Å². The normalized spacial score (nSPS) is 10.5. The van der Waals surface area contributed by atoms with E-state index in [-0.39, 0.29) is 5.75 Å². The molecule has 0 fully saturated rings. The first-order valence-electron chi connectivity index (χ1n) is 6.12. The van der Waals surface area contributed by atoms with Crippen LogP contribution in [0.3, 0.4) is 0 Å². The number of para-hydroxylation sites is 1. The molecule has 100 valence electrons. The number of benzene rings is 2. The summed E-state index contributed by atoms with van der Waals surface area (Å²) in [6.07, 6.45) is 0. The van der Waals surface area contributed by atoms with Gasteiger partial charge in [0.1, 0.15) is 5.75 Å². The van der Waals surface area contributed by atoms with Crippen molar-refractivity contribution in [1.82, 2.24) is 5.32 Å². The van der Waals surface area contributed by atoms with Crippen molar-refractivity contribution in [3.05, 3.63) is 58.9 Å². The van der Waals surface area contributed by atoms with Crippen LogP contribution in [0.2, 0.25) is 5.02 Å². The highest BCUT2D eigenvalue weighted by Crippen LogP contribution is 2.30. The van der Waals surface area contributed by atoms with E-state index in [1.165, 1.54) is 6.07 Å². The molecule has 2 aromatic rings. The van der Waals surface area contributed by atoms with E-state index < -0.39 is 5.82 Å². The van der Waals surface area contributed by atoms with E-state index in [0.29, 0.717) is 17.3 Å². The Morgan fingerprint density at radius 2 is 1.95 bits per heavy atom. The molecule has 2 rings (SSSR count). The van der Waals surface area contributed by atoms with Gasteiger partial charge < -0.3 is 10.1 Å². The van der Waals surface area contributed by atoms with Crippen molar-refractivity contribution >= 4 is 11.6 Å². The summed E-state index contributed by atoms with van der Waals surface area (Å²) in [4.78, 5) is 0. The third-order valence-electron chi connectivity index (χ3n) is 2.63. The average Bonchev–Trinajstić information content (AvgIpc) is 2.41. The maximum absolute atomic E-state index is 13.9. The molecule has 0 amide bonds. The van der Waals surface area contributed by atoms with Crippen molar-refractivity contribution in [2.24, 2.45) is 0 Å². The Bertz CT molecular complexity index is 560. The standard InChI is InChI=1S/C15H15ClFNO/c1-2-18-10-11-7-8-15(13(17)9-11)19-14-6-4-3-5-12(14)16/h3-9,18H,2,10H2,1H3. The van der Waals surface area contributed by atoms with E-state index in [1.54, 1.807) is 30.3 Å². The SMILES string of the molecule is CCNCc1ccc(Oc2ccccc2Cl)c(F)c1. The minimum atomic E-state index is -0.393. The van der Waals surface area contributed by atoms with Gasteiger partial charge in [0.05, 0.1) is 5.02 Å². The molecule has 4 heteroatoms. The Kier molecular flexibility index (Phi) is 4.77. The average molecular weight is 280 g/mol. The molecule has 0 radical (unpaired) electrons. The fraction of sp³-hybridized carbons (Fsp3) is 0.200. The molecule has 0 aliphatic rings. The van der Waals surface area contributed by atoms with Crippen LogP contribution in [0.4, 0.5) is 4.39 Å². The summed E-state index contributed by atoms with van der Waals surface area (Å²) in [6, 6.07) is 11.9. The van der Waals surface area contributed by atoms with Crippen LogP contribution in [-0.2, 0) is 6.54 Å². The van der Waals surface area contributed by atoms with Crippen LogP contribution in [0.5, 0.6) is 11.5 Å². The van der Waals surface area contributed by atoms with Gasteiger partial charge in [-0.1, -0.05) is 36.7 Å². The molecular weight excluding hydrogens is 265 g/mol. The zero-order valence-electron chi connectivity index (χ0n) is 10.6. The molecule has 19 heavy (non-hydrogen) atoms. The highest BCUT2D eigenvalue weighted by Gasteiger charge is 2.08. The lowest BCUT2D eigenvalue weighted by molar-refractivity contribution is 0.441. The largest absolute Gasteiger partial charge is 0.453 e. The van der Waals surface area contributed by atoms with Gasteiger partial charge in [0, 0.05) is 6.54 Å². The summed E-state index contributed by atoms with van der Waals surface area (Å²) in [5.41, 5.74) is 0.880. The third kappa shape index (κ3) is 3.69. The van der Waals surface area contributed by atoms with Gasteiger partial charge in [-0.05, 0) is 36.4 Å². The summed E-state index contributed by atoms with van der Waals surface area (Å²) in [5.74, 6) is 0.228. The van der Waals surface area contributed by atoms with Gasteiger partial charge in [0.25, 0.3) is 0 Å². The lowest BCUT2D eigenvalue weighted by Gasteiger charge is -2.09. The number of halogens is 2. The van der Waals surface area contributed by atoms with E-state index in [0.717, 1.165) is 12.1 Å². The lowest BCUT2D eigenvalue weighted by atomic mass is 10.2. The predicted octanol–water partition coefficient (Wildman–Crippen LogP) is 4.38. The smallest absolute Gasteiger partial charge is 0.166 e. The van der Waals surface area contributed by atoms with Gasteiger partial charge in [-0.3, -0.25) is 0 Å². The summed E-state index contributed by atoms with van der Waals surface area (Å²) in [6.45, 7) is 3.49. The van der Waals surface area contributed by atoms with Crippen LogP contribution in [0.25, 0.3) is 0 Å². The van der Waals surface area contributed by atoms with Crippen LogP contribution in [-0.4, -0.2) is 6.54 Å². The van der Waals surface area contributed by atoms with Gasteiger partial charge in [-0.2, -0.15) is 0 Å². The molecule has 0 unspecified atom stereocenters. The number of nitrogens with one attached hydrogen (secondary N) is 1. The fourth-order valence-electron chi connectivity index (χ4n) is 1.65. The molecule has 0 aliphatic carbocycles. The van der Waals surface area contributed by atoms with E-state index in [2.05, 4.69) is 5.32 Å². The Morgan fingerprint density at radius 1 is 1.16 bits per heavy atom. The molecule has 0 aliphatic heterocycles. The van der Waals surface area contributed by atoms with E-state index >= 15 is 0 Å². The van der Waals surface area contributed by atoms with E-state index in [9.17, 15) is 4.39 Å². The van der Waals surface area contributed by atoms with Gasteiger partial charge >= 0.3 is 0 Å². The molecule has 0 aromatic heterocycles. The number of ether oxygens (including phenoxy) is 1. The Hall–Kier alpha value is -1.58. The number of hydrogen-bond acceptors (Lipinski definition) is 2. The summed E-state index contributed by atoms with van der Waals surface area (Å²) >= 11 is 5.97. The summed E-state index contributed by atoms with van der Waals surface area (Å²) in [5, 5.41) is 3.60. The monoisotopic (exact) mass is 279 g/mol. The number of hydrogen-bond donors (Lipinski definition) is 1. The Labute approximate surface area is 117 Å². The molecule has 0 saturated heterocycles. The number of rotatable bonds is 5. The maximum Gasteiger partial charge on any atom is 0.166 e. The zero-order valence-corrected chi connectivity index (χ0v) is 11.4. The second-order valence-corrected chi connectivity index (χ2v) is 4.48. The summed E-state index contributed by atoms with van der Waals surface area (Å²) in [7, 11) is 0. The van der Waals surface area contributed by atoms with Gasteiger partial charge in [0.15, 0.2) is 11.6 Å². The highest BCUT2D eigenvalue weighted by molar-refractivity contribution is 6.32. The Balaban J connectivity index is 2.15. The van der Waals surface area contributed by atoms with Crippen molar-refractivity contribution < 1.29 is 9.13 Å². The molecule has 0 heterocycles. The second-order valence-electron chi connectivity index (χ2n) is 4.08. The first kappa shape index (κ1) is 13.8. The molecule has 2 nitrogen and oxygen atoms in total. The molecular formula is C15H15ClFNO. The molecule has 2 aromatic carbocycles.